The SMILES string of the molecule is COc1cccc2c(NC3(CO)CCCCC3)nccc12. The van der Waals surface area contributed by atoms with Crippen molar-refractivity contribution in [1.82, 2.24) is 4.98 Å². The normalized spacial score (nSPS) is 17.6. The minimum atomic E-state index is -0.234. The van der Waals surface area contributed by atoms with E-state index in [9.17, 15) is 5.11 Å². The molecule has 1 aromatic carbocycles. The van der Waals surface area contributed by atoms with Crippen molar-refractivity contribution in [2.75, 3.05) is 19.0 Å². The van der Waals surface area contributed by atoms with Crippen LogP contribution in [-0.4, -0.2) is 29.3 Å². The monoisotopic (exact) mass is 286 g/mol. The largest absolute Gasteiger partial charge is 0.496 e. The maximum atomic E-state index is 9.86. The van der Waals surface area contributed by atoms with Crippen molar-refractivity contribution in [3.05, 3.63) is 30.5 Å². The molecular formula is C17H22N2O2. The van der Waals surface area contributed by atoms with Crippen molar-refractivity contribution >= 4 is 16.6 Å². The Hall–Kier alpha value is -1.81. The zero-order chi connectivity index (χ0) is 14.7. The number of aromatic nitrogens is 1. The number of pyridine rings is 1. The minimum Gasteiger partial charge on any atom is -0.496 e. The molecule has 2 N–H and O–H groups in total. The van der Waals surface area contributed by atoms with Crippen molar-refractivity contribution in [3.8, 4) is 5.75 Å². The third kappa shape index (κ3) is 2.68. The number of fused-ring (bicyclic) bond motifs is 1. The van der Waals surface area contributed by atoms with E-state index in [-0.39, 0.29) is 12.1 Å². The highest BCUT2D eigenvalue weighted by Crippen LogP contribution is 2.34. The van der Waals surface area contributed by atoms with E-state index >= 15 is 0 Å². The number of benzene rings is 1. The Morgan fingerprint density at radius 3 is 2.71 bits per heavy atom. The Kier molecular flexibility index (Phi) is 3.97. The summed E-state index contributed by atoms with van der Waals surface area (Å²) in [6.45, 7) is 0.148. The third-order valence-electron chi connectivity index (χ3n) is 4.48. The number of rotatable bonds is 4. The summed E-state index contributed by atoms with van der Waals surface area (Å²) in [5, 5.41) is 15.5. The summed E-state index contributed by atoms with van der Waals surface area (Å²) in [6.07, 6.45) is 7.33. The minimum absolute atomic E-state index is 0.148. The van der Waals surface area contributed by atoms with Crippen LogP contribution in [-0.2, 0) is 0 Å². The van der Waals surface area contributed by atoms with Gasteiger partial charge in [-0.15, -0.1) is 0 Å². The van der Waals surface area contributed by atoms with Gasteiger partial charge in [0.1, 0.15) is 11.6 Å². The first-order valence-electron chi connectivity index (χ1n) is 7.59. The van der Waals surface area contributed by atoms with Crippen LogP contribution in [0.25, 0.3) is 10.8 Å². The number of anilines is 1. The van der Waals surface area contributed by atoms with Crippen LogP contribution in [0.4, 0.5) is 5.82 Å². The van der Waals surface area contributed by atoms with E-state index in [1.54, 1.807) is 13.3 Å². The van der Waals surface area contributed by atoms with Crippen molar-refractivity contribution in [2.45, 2.75) is 37.6 Å². The van der Waals surface area contributed by atoms with Gasteiger partial charge in [0.05, 0.1) is 19.3 Å². The lowest BCUT2D eigenvalue weighted by Crippen LogP contribution is -2.44. The highest BCUT2D eigenvalue weighted by molar-refractivity contribution is 5.96. The number of aliphatic hydroxyl groups is 1. The second-order valence-corrected chi connectivity index (χ2v) is 5.84. The molecule has 3 rings (SSSR count). The van der Waals surface area contributed by atoms with Crippen molar-refractivity contribution < 1.29 is 9.84 Å². The highest BCUT2D eigenvalue weighted by atomic mass is 16.5. The van der Waals surface area contributed by atoms with Gasteiger partial charge in [-0.2, -0.15) is 0 Å². The summed E-state index contributed by atoms with van der Waals surface area (Å²) in [5.41, 5.74) is -0.234. The number of hydrogen-bond donors (Lipinski definition) is 2. The Labute approximate surface area is 125 Å². The van der Waals surface area contributed by atoms with E-state index in [0.29, 0.717) is 0 Å². The summed E-state index contributed by atoms with van der Waals surface area (Å²) in [4.78, 5) is 4.49. The van der Waals surface area contributed by atoms with E-state index < -0.39 is 0 Å². The number of nitrogens with zero attached hydrogens (tertiary/aromatic N) is 1. The second kappa shape index (κ2) is 5.90. The lowest BCUT2D eigenvalue weighted by Gasteiger charge is -2.37. The maximum Gasteiger partial charge on any atom is 0.134 e. The van der Waals surface area contributed by atoms with Crippen LogP contribution in [0.2, 0.25) is 0 Å². The summed E-state index contributed by atoms with van der Waals surface area (Å²) >= 11 is 0. The van der Waals surface area contributed by atoms with E-state index in [0.717, 1.165) is 48.0 Å². The molecule has 0 aliphatic heterocycles. The van der Waals surface area contributed by atoms with Crippen LogP contribution in [0.1, 0.15) is 32.1 Å². The molecule has 0 unspecified atom stereocenters. The van der Waals surface area contributed by atoms with Gasteiger partial charge < -0.3 is 15.2 Å². The highest BCUT2D eigenvalue weighted by Gasteiger charge is 2.31. The summed E-state index contributed by atoms with van der Waals surface area (Å²) in [5.74, 6) is 1.68. The molecule has 0 saturated heterocycles. The molecule has 1 aliphatic rings. The van der Waals surface area contributed by atoms with Gasteiger partial charge in [0, 0.05) is 17.0 Å². The fraction of sp³-hybridized carbons (Fsp3) is 0.471. The average molecular weight is 286 g/mol. The molecular weight excluding hydrogens is 264 g/mol. The summed E-state index contributed by atoms with van der Waals surface area (Å²) < 4.78 is 5.42. The fourth-order valence-corrected chi connectivity index (χ4v) is 3.26. The third-order valence-corrected chi connectivity index (χ3v) is 4.48. The molecule has 21 heavy (non-hydrogen) atoms. The standard InChI is InChI=1S/C17H22N2O2/c1-21-15-7-5-6-14-13(15)8-11-18-16(14)19-17(12-20)9-3-2-4-10-17/h5-8,11,20H,2-4,9-10,12H2,1H3,(H,18,19). The predicted octanol–water partition coefficient (Wildman–Crippen LogP) is 3.35. The molecule has 1 saturated carbocycles. The predicted molar refractivity (Wildman–Crippen MR) is 84.8 cm³/mol. The van der Waals surface area contributed by atoms with Crippen molar-refractivity contribution in [2.24, 2.45) is 0 Å². The molecule has 0 radical (unpaired) electrons. The van der Waals surface area contributed by atoms with Gasteiger partial charge in [-0.05, 0) is 25.0 Å². The molecule has 4 nitrogen and oxygen atoms in total. The average Bonchev–Trinajstić information content (AvgIpc) is 2.55. The first kappa shape index (κ1) is 14.1. The zero-order valence-electron chi connectivity index (χ0n) is 12.4. The zero-order valence-corrected chi connectivity index (χ0v) is 12.4. The second-order valence-electron chi connectivity index (χ2n) is 5.84. The molecule has 112 valence electrons. The molecule has 0 amide bonds. The Balaban J connectivity index is 2.00. The summed E-state index contributed by atoms with van der Waals surface area (Å²) in [6, 6.07) is 7.93. The van der Waals surface area contributed by atoms with Crippen LogP contribution in [0.15, 0.2) is 30.5 Å². The van der Waals surface area contributed by atoms with E-state index in [1.807, 2.05) is 24.3 Å². The molecule has 1 aromatic heterocycles. The molecule has 4 heteroatoms. The van der Waals surface area contributed by atoms with Gasteiger partial charge >= 0.3 is 0 Å². The number of methoxy groups -OCH3 is 1. The van der Waals surface area contributed by atoms with Gasteiger partial charge in [-0.25, -0.2) is 4.98 Å². The number of hydrogen-bond acceptors (Lipinski definition) is 4. The van der Waals surface area contributed by atoms with Crippen LogP contribution in [0, 0.1) is 0 Å². The lowest BCUT2D eigenvalue weighted by atomic mass is 9.82. The quantitative estimate of drug-likeness (QED) is 0.905. The lowest BCUT2D eigenvalue weighted by molar-refractivity contribution is 0.172. The van der Waals surface area contributed by atoms with Crippen LogP contribution in [0.3, 0.4) is 0 Å². The first-order valence-corrected chi connectivity index (χ1v) is 7.59. The van der Waals surface area contributed by atoms with Gasteiger partial charge in [-0.1, -0.05) is 31.4 Å². The van der Waals surface area contributed by atoms with Gasteiger partial charge in [0.25, 0.3) is 0 Å². The topological polar surface area (TPSA) is 54.4 Å². The molecule has 1 fully saturated rings. The number of aliphatic hydroxyl groups excluding tert-OH is 1. The van der Waals surface area contributed by atoms with Crippen molar-refractivity contribution in [1.29, 1.82) is 0 Å². The van der Waals surface area contributed by atoms with Gasteiger partial charge in [0.2, 0.25) is 0 Å². The molecule has 0 atom stereocenters. The van der Waals surface area contributed by atoms with Crippen LogP contribution < -0.4 is 10.1 Å². The Morgan fingerprint density at radius 2 is 2.00 bits per heavy atom. The van der Waals surface area contributed by atoms with Crippen LogP contribution >= 0.6 is 0 Å². The van der Waals surface area contributed by atoms with E-state index in [4.69, 9.17) is 4.74 Å². The van der Waals surface area contributed by atoms with Crippen molar-refractivity contribution in [3.63, 3.8) is 0 Å². The van der Waals surface area contributed by atoms with Crippen LogP contribution in [0.5, 0.6) is 5.75 Å². The maximum absolute atomic E-state index is 9.86. The molecule has 0 spiro atoms. The number of nitrogens with one attached hydrogen (secondary N) is 1. The fourth-order valence-electron chi connectivity index (χ4n) is 3.26. The Morgan fingerprint density at radius 1 is 1.19 bits per heavy atom. The molecule has 2 aromatic rings. The molecule has 1 aliphatic carbocycles. The van der Waals surface area contributed by atoms with E-state index in [1.165, 1.54) is 6.42 Å². The van der Waals surface area contributed by atoms with E-state index in [2.05, 4.69) is 10.3 Å². The smallest absolute Gasteiger partial charge is 0.134 e. The first-order chi connectivity index (χ1) is 10.3. The molecule has 0 bridgehead atoms. The number of ether oxygens (including phenoxy) is 1. The summed E-state index contributed by atoms with van der Waals surface area (Å²) in [7, 11) is 1.68. The van der Waals surface area contributed by atoms with Gasteiger partial charge in [0.15, 0.2) is 0 Å². The Bertz CT molecular complexity index is 621. The molecule has 1 heterocycles. The van der Waals surface area contributed by atoms with Gasteiger partial charge in [-0.3, -0.25) is 0 Å².